The number of hydrogen-bond donors (Lipinski definition) is 2. The first-order valence-corrected chi connectivity index (χ1v) is 12.6. The molecular formula is C27H41NO7. The third-order valence-corrected chi connectivity index (χ3v) is 6.67. The molecule has 0 fully saturated rings. The monoisotopic (exact) mass is 491 g/mol. The lowest BCUT2D eigenvalue weighted by molar-refractivity contribution is -0.161. The van der Waals surface area contributed by atoms with Gasteiger partial charge in [-0.2, -0.15) is 0 Å². The Balaban J connectivity index is 1.90. The molecule has 0 amide bonds. The second-order valence-corrected chi connectivity index (χ2v) is 10.0. The number of esters is 1. The summed E-state index contributed by atoms with van der Waals surface area (Å²) in [7, 11) is 1.57. The van der Waals surface area contributed by atoms with Gasteiger partial charge < -0.3 is 34.1 Å². The number of benzene rings is 1. The molecule has 3 atom stereocenters. The van der Waals surface area contributed by atoms with Crippen molar-refractivity contribution < 1.29 is 34.0 Å². The summed E-state index contributed by atoms with van der Waals surface area (Å²) in [5.41, 5.74) is 1.33. The standard InChI is InChI=1S/C27H41NO7/c1-6-12-28-13-10-18-14-23-24(34-17-33-23)15-19(18)20(16-28)25(22(7-2)32-5)35-26(30)21(29)9-8-11-27(3,4)31/h7,14-15,20-21,25,29,31H,6,8-13,16-17H2,1-5H3/b22-7+. The van der Waals surface area contributed by atoms with Crippen molar-refractivity contribution in [3.05, 3.63) is 35.1 Å². The van der Waals surface area contributed by atoms with Crippen molar-refractivity contribution in [2.45, 2.75) is 83.5 Å². The predicted molar refractivity (Wildman–Crippen MR) is 133 cm³/mol. The molecule has 0 aliphatic carbocycles. The maximum atomic E-state index is 13.0. The second-order valence-electron chi connectivity index (χ2n) is 10.0. The van der Waals surface area contributed by atoms with Crippen LogP contribution in [0.25, 0.3) is 0 Å². The van der Waals surface area contributed by atoms with E-state index < -0.39 is 23.8 Å². The van der Waals surface area contributed by atoms with Gasteiger partial charge in [-0.25, -0.2) is 4.79 Å². The van der Waals surface area contributed by atoms with E-state index in [9.17, 15) is 15.0 Å². The molecule has 0 radical (unpaired) electrons. The molecule has 8 heteroatoms. The molecule has 3 rings (SSSR count). The van der Waals surface area contributed by atoms with Gasteiger partial charge in [0.2, 0.25) is 6.79 Å². The van der Waals surface area contributed by atoms with Crippen LogP contribution in [0.5, 0.6) is 11.5 Å². The minimum Gasteiger partial charge on any atom is -0.497 e. The van der Waals surface area contributed by atoms with Gasteiger partial charge in [-0.1, -0.05) is 6.92 Å². The molecule has 35 heavy (non-hydrogen) atoms. The first kappa shape index (κ1) is 27.3. The zero-order valence-electron chi connectivity index (χ0n) is 21.7. The molecule has 2 heterocycles. The first-order valence-electron chi connectivity index (χ1n) is 12.6. The topological polar surface area (TPSA) is 97.7 Å². The number of rotatable bonds is 11. The van der Waals surface area contributed by atoms with Gasteiger partial charge in [-0.15, -0.1) is 0 Å². The molecule has 0 bridgehead atoms. The largest absolute Gasteiger partial charge is 0.497 e. The Morgan fingerprint density at radius 1 is 1.31 bits per heavy atom. The summed E-state index contributed by atoms with van der Waals surface area (Å²) < 4.78 is 22.9. The van der Waals surface area contributed by atoms with Gasteiger partial charge in [0.05, 0.1) is 12.7 Å². The summed E-state index contributed by atoms with van der Waals surface area (Å²) in [6, 6.07) is 4.04. The fraction of sp³-hybridized carbons (Fsp3) is 0.667. The number of aliphatic hydroxyl groups is 2. The van der Waals surface area contributed by atoms with Crippen LogP contribution in [0.4, 0.5) is 0 Å². The van der Waals surface area contributed by atoms with E-state index in [0.29, 0.717) is 30.9 Å². The van der Waals surface area contributed by atoms with Gasteiger partial charge in [0.1, 0.15) is 5.76 Å². The zero-order chi connectivity index (χ0) is 25.6. The summed E-state index contributed by atoms with van der Waals surface area (Å²) >= 11 is 0. The van der Waals surface area contributed by atoms with Crippen molar-refractivity contribution in [2.24, 2.45) is 0 Å². The SMILES string of the molecule is C/C=C(/OC)C(OC(=O)C(O)CCCC(C)(C)O)C1CN(CCC)CCc2cc3c(cc21)OCO3. The highest BCUT2D eigenvalue weighted by Gasteiger charge is 2.37. The van der Waals surface area contributed by atoms with Crippen LogP contribution in [0.2, 0.25) is 0 Å². The van der Waals surface area contributed by atoms with Crippen LogP contribution in [-0.4, -0.2) is 72.4 Å². The van der Waals surface area contributed by atoms with Crippen LogP contribution in [0, 0.1) is 0 Å². The molecule has 0 spiro atoms. The van der Waals surface area contributed by atoms with Crippen molar-refractivity contribution in [1.29, 1.82) is 0 Å². The smallest absolute Gasteiger partial charge is 0.335 e. The summed E-state index contributed by atoms with van der Waals surface area (Å²) in [6.45, 7) is 10.1. The molecule has 1 aromatic rings. The van der Waals surface area contributed by atoms with Crippen LogP contribution < -0.4 is 9.47 Å². The van der Waals surface area contributed by atoms with Gasteiger partial charge in [-0.05, 0) is 88.8 Å². The average Bonchev–Trinajstić information content (AvgIpc) is 3.19. The van der Waals surface area contributed by atoms with Gasteiger partial charge in [-0.3, -0.25) is 0 Å². The highest BCUT2D eigenvalue weighted by Crippen LogP contribution is 2.41. The maximum absolute atomic E-state index is 13.0. The Kier molecular flexibility index (Phi) is 9.44. The number of nitrogens with zero attached hydrogens (tertiary/aromatic N) is 1. The van der Waals surface area contributed by atoms with Crippen molar-refractivity contribution in [2.75, 3.05) is 33.5 Å². The number of hydrogen-bond acceptors (Lipinski definition) is 8. The fourth-order valence-corrected chi connectivity index (χ4v) is 4.87. The maximum Gasteiger partial charge on any atom is 0.335 e. The Morgan fingerprint density at radius 3 is 2.66 bits per heavy atom. The molecule has 2 N–H and O–H groups in total. The number of ether oxygens (including phenoxy) is 4. The Hall–Kier alpha value is -2.29. The summed E-state index contributed by atoms with van der Waals surface area (Å²) in [6.07, 6.45) is 2.88. The molecule has 0 saturated carbocycles. The van der Waals surface area contributed by atoms with Crippen molar-refractivity contribution in [3.8, 4) is 11.5 Å². The zero-order valence-corrected chi connectivity index (χ0v) is 21.7. The van der Waals surface area contributed by atoms with Crippen molar-refractivity contribution in [1.82, 2.24) is 4.90 Å². The molecule has 196 valence electrons. The van der Waals surface area contributed by atoms with E-state index in [4.69, 9.17) is 18.9 Å². The molecule has 1 aromatic carbocycles. The van der Waals surface area contributed by atoms with Gasteiger partial charge in [0.15, 0.2) is 23.7 Å². The van der Waals surface area contributed by atoms with Crippen molar-refractivity contribution in [3.63, 3.8) is 0 Å². The molecule has 2 aliphatic heterocycles. The van der Waals surface area contributed by atoms with E-state index in [1.54, 1.807) is 27.0 Å². The molecule has 0 aromatic heterocycles. The lowest BCUT2D eigenvalue weighted by Gasteiger charge is -2.32. The highest BCUT2D eigenvalue weighted by molar-refractivity contribution is 5.74. The van der Waals surface area contributed by atoms with E-state index in [2.05, 4.69) is 11.8 Å². The van der Waals surface area contributed by atoms with Crippen LogP contribution in [0.3, 0.4) is 0 Å². The lowest BCUT2D eigenvalue weighted by atomic mass is 9.87. The Labute approximate surface area is 208 Å². The van der Waals surface area contributed by atoms with E-state index in [1.807, 2.05) is 19.1 Å². The quantitative estimate of drug-likeness (QED) is 0.358. The summed E-state index contributed by atoms with van der Waals surface area (Å²) in [5.74, 6) is 1.06. The second kappa shape index (κ2) is 12.1. The number of methoxy groups -OCH3 is 1. The Bertz CT molecular complexity index is 892. The molecule has 8 nitrogen and oxygen atoms in total. The normalized spacial score (nSPS) is 20.1. The van der Waals surface area contributed by atoms with Crippen molar-refractivity contribution >= 4 is 5.97 Å². The molecular weight excluding hydrogens is 450 g/mol. The van der Waals surface area contributed by atoms with Crippen LogP contribution in [-0.2, 0) is 20.7 Å². The van der Waals surface area contributed by atoms with E-state index >= 15 is 0 Å². The summed E-state index contributed by atoms with van der Waals surface area (Å²) in [4.78, 5) is 15.4. The Morgan fingerprint density at radius 2 is 2.03 bits per heavy atom. The van der Waals surface area contributed by atoms with Gasteiger partial charge in [0, 0.05) is 19.0 Å². The number of carbonyl (C=O) groups excluding carboxylic acids is 1. The summed E-state index contributed by atoms with van der Waals surface area (Å²) in [5, 5.41) is 20.5. The van der Waals surface area contributed by atoms with Gasteiger partial charge in [0.25, 0.3) is 0 Å². The molecule has 3 unspecified atom stereocenters. The minimum atomic E-state index is -1.27. The minimum absolute atomic E-state index is 0.193. The molecule has 2 aliphatic rings. The predicted octanol–water partition coefficient (Wildman–Crippen LogP) is 3.53. The van der Waals surface area contributed by atoms with E-state index in [1.165, 1.54) is 0 Å². The third kappa shape index (κ3) is 7.12. The first-order chi connectivity index (χ1) is 16.7. The average molecular weight is 492 g/mol. The number of aliphatic hydroxyl groups excluding tert-OH is 1. The van der Waals surface area contributed by atoms with E-state index in [-0.39, 0.29) is 19.1 Å². The van der Waals surface area contributed by atoms with Crippen LogP contribution in [0.1, 0.15) is 70.4 Å². The highest BCUT2D eigenvalue weighted by atomic mass is 16.7. The van der Waals surface area contributed by atoms with Gasteiger partial charge >= 0.3 is 5.97 Å². The third-order valence-electron chi connectivity index (χ3n) is 6.67. The number of carbonyl (C=O) groups is 1. The number of allylic oxidation sites excluding steroid dienone is 1. The van der Waals surface area contributed by atoms with Crippen LogP contribution in [0.15, 0.2) is 24.0 Å². The van der Waals surface area contributed by atoms with Crippen LogP contribution >= 0.6 is 0 Å². The fourth-order valence-electron chi connectivity index (χ4n) is 4.87. The van der Waals surface area contributed by atoms with E-state index in [0.717, 1.165) is 42.8 Å². The number of fused-ring (bicyclic) bond motifs is 2. The molecule has 0 saturated heterocycles. The lowest BCUT2D eigenvalue weighted by Crippen LogP contribution is -2.39.